The predicted molar refractivity (Wildman–Crippen MR) is 66.2 cm³/mol. The predicted octanol–water partition coefficient (Wildman–Crippen LogP) is 0.639. The monoisotopic (exact) mass is 250 g/mol. The first kappa shape index (κ1) is 13.9. The van der Waals surface area contributed by atoms with Gasteiger partial charge in [0.25, 0.3) is 0 Å². The Morgan fingerprint density at radius 3 is 2.61 bits per heavy atom. The van der Waals surface area contributed by atoms with Gasteiger partial charge in [0.15, 0.2) is 0 Å². The van der Waals surface area contributed by atoms with Crippen LogP contribution in [0.3, 0.4) is 0 Å². The number of halogens is 1. The number of nitriles is 1. The molecule has 6 heteroatoms. The van der Waals surface area contributed by atoms with Crippen LogP contribution in [0.1, 0.15) is 23.6 Å². The van der Waals surface area contributed by atoms with E-state index in [4.69, 9.17) is 16.7 Å². The summed E-state index contributed by atoms with van der Waals surface area (Å²) < 4.78 is 14.1. The van der Waals surface area contributed by atoms with Gasteiger partial charge in [-0.3, -0.25) is 4.79 Å². The van der Waals surface area contributed by atoms with E-state index in [1.165, 1.54) is 6.07 Å². The van der Waals surface area contributed by atoms with Gasteiger partial charge in [0.1, 0.15) is 17.4 Å². The van der Waals surface area contributed by atoms with Crippen molar-refractivity contribution in [2.24, 2.45) is 11.5 Å². The van der Waals surface area contributed by atoms with Gasteiger partial charge in [-0.1, -0.05) is 6.07 Å². The molecular weight excluding hydrogens is 235 g/mol. The standard InChI is InChI=1S/C12H15FN4O/c1-17(2)10-4-3-7(9(15)5-11(16)18)12(13)8(10)6-14/h3-4,9H,5,15H2,1-2H3,(H2,16,18). The summed E-state index contributed by atoms with van der Waals surface area (Å²) in [5.74, 6) is -1.31. The Kier molecular flexibility index (Phi) is 4.23. The lowest BCUT2D eigenvalue weighted by Gasteiger charge is -2.18. The minimum atomic E-state index is -0.842. The summed E-state index contributed by atoms with van der Waals surface area (Å²) in [5, 5.41) is 8.99. The van der Waals surface area contributed by atoms with Gasteiger partial charge in [-0.25, -0.2) is 4.39 Å². The molecule has 0 saturated carbocycles. The van der Waals surface area contributed by atoms with Crippen LogP contribution in [0.25, 0.3) is 0 Å². The molecule has 1 atom stereocenters. The third-order valence-electron chi connectivity index (χ3n) is 2.56. The molecule has 0 spiro atoms. The summed E-state index contributed by atoms with van der Waals surface area (Å²) in [6, 6.07) is 4.03. The van der Waals surface area contributed by atoms with E-state index in [2.05, 4.69) is 0 Å². The number of primary amides is 1. The molecule has 96 valence electrons. The number of carbonyl (C=O) groups is 1. The molecule has 0 aromatic heterocycles. The zero-order chi connectivity index (χ0) is 13.9. The van der Waals surface area contributed by atoms with Crippen molar-refractivity contribution in [2.45, 2.75) is 12.5 Å². The maximum atomic E-state index is 14.1. The first-order valence-electron chi connectivity index (χ1n) is 5.32. The lowest BCUT2D eigenvalue weighted by molar-refractivity contribution is -0.118. The van der Waals surface area contributed by atoms with Gasteiger partial charge in [-0.15, -0.1) is 0 Å². The van der Waals surface area contributed by atoms with Crippen molar-refractivity contribution in [3.05, 3.63) is 29.1 Å². The molecule has 0 saturated heterocycles. The minimum absolute atomic E-state index is 0.0857. The van der Waals surface area contributed by atoms with Crippen LogP contribution >= 0.6 is 0 Å². The molecule has 4 N–H and O–H groups in total. The summed E-state index contributed by atoms with van der Waals surface area (Å²) in [7, 11) is 3.41. The quantitative estimate of drug-likeness (QED) is 0.819. The van der Waals surface area contributed by atoms with Gasteiger partial charge in [0, 0.05) is 32.1 Å². The highest BCUT2D eigenvalue weighted by molar-refractivity contribution is 5.74. The number of amides is 1. The van der Waals surface area contributed by atoms with Crippen LogP contribution in [0.4, 0.5) is 10.1 Å². The number of rotatable bonds is 4. The Morgan fingerprint density at radius 2 is 2.17 bits per heavy atom. The second kappa shape index (κ2) is 5.47. The summed E-state index contributed by atoms with van der Waals surface area (Å²) in [5.41, 5.74) is 11.2. The van der Waals surface area contributed by atoms with Crippen molar-refractivity contribution in [2.75, 3.05) is 19.0 Å². The zero-order valence-corrected chi connectivity index (χ0v) is 10.3. The molecular formula is C12H15FN4O. The van der Waals surface area contributed by atoms with Crippen molar-refractivity contribution >= 4 is 11.6 Å². The molecule has 1 unspecified atom stereocenters. The molecule has 0 aliphatic heterocycles. The van der Waals surface area contributed by atoms with Crippen molar-refractivity contribution in [3.8, 4) is 6.07 Å². The molecule has 0 radical (unpaired) electrons. The van der Waals surface area contributed by atoms with E-state index in [9.17, 15) is 9.18 Å². The third-order valence-corrected chi connectivity index (χ3v) is 2.56. The van der Waals surface area contributed by atoms with Gasteiger partial charge in [0.05, 0.1) is 5.69 Å². The van der Waals surface area contributed by atoms with Gasteiger partial charge < -0.3 is 16.4 Å². The fourth-order valence-electron chi connectivity index (χ4n) is 1.67. The van der Waals surface area contributed by atoms with Crippen LogP contribution in [0, 0.1) is 17.1 Å². The largest absolute Gasteiger partial charge is 0.377 e. The fraction of sp³-hybridized carbons (Fsp3) is 0.333. The van der Waals surface area contributed by atoms with E-state index in [-0.39, 0.29) is 17.5 Å². The molecule has 0 heterocycles. The Bertz CT molecular complexity index is 508. The number of carbonyl (C=O) groups excluding carboxylic acids is 1. The molecule has 1 amide bonds. The highest BCUT2D eigenvalue weighted by atomic mass is 19.1. The molecule has 1 rings (SSSR count). The maximum absolute atomic E-state index is 14.1. The van der Waals surface area contributed by atoms with E-state index >= 15 is 0 Å². The summed E-state index contributed by atoms with van der Waals surface area (Å²) in [6.45, 7) is 0. The third kappa shape index (κ3) is 2.76. The van der Waals surface area contributed by atoms with Gasteiger partial charge in [-0.05, 0) is 6.07 Å². The molecule has 18 heavy (non-hydrogen) atoms. The Morgan fingerprint density at radius 1 is 1.56 bits per heavy atom. The zero-order valence-electron chi connectivity index (χ0n) is 10.3. The molecule has 5 nitrogen and oxygen atoms in total. The van der Waals surface area contributed by atoms with Crippen LogP contribution in [0.2, 0.25) is 0 Å². The Labute approximate surface area is 105 Å². The average Bonchev–Trinajstić information content (AvgIpc) is 2.26. The van der Waals surface area contributed by atoms with Gasteiger partial charge in [0.2, 0.25) is 5.91 Å². The Hall–Kier alpha value is -2.13. The molecule has 1 aromatic rings. The van der Waals surface area contributed by atoms with Crippen LogP contribution < -0.4 is 16.4 Å². The Balaban J connectivity index is 3.26. The van der Waals surface area contributed by atoms with E-state index in [1.54, 1.807) is 31.1 Å². The molecule has 0 aliphatic rings. The first-order valence-corrected chi connectivity index (χ1v) is 5.32. The SMILES string of the molecule is CN(C)c1ccc(C(N)CC(N)=O)c(F)c1C#N. The average molecular weight is 250 g/mol. The number of nitrogens with zero attached hydrogens (tertiary/aromatic N) is 2. The number of hydrogen-bond acceptors (Lipinski definition) is 4. The van der Waals surface area contributed by atoms with Gasteiger partial charge >= 0.3 is 0 Å². The molecule has 0 fully saturated rings. The highest BCUT2D eigenvalue weighted by Gasteiger charge is 2.19. The van der Waals surface area contributed by atoms with E-state index in [1.807, 2.05) is 0 Å². The summed E-state index contributed by atoms with van der Waals surface area (Å²) in [6.07, 6.45) is -0.164. The van der Waals surface area contributed by atoms with E-state index in [0.717, 1.165) is 0 Å². The summed E-state index contributed by atoms with van der Waals surface area (Å²) >= 11 is 0. The van der Waals surface area contributed by atoms with E-state index in [0.29, 0.717) is 5.69 Å². The maximum Gasteiger partial charge on any atom is 0.219 e. The lowest BCUT2D eigenvalue weighted by atomic mass is 9.99. The topological polar surface area (TPSA) is 96.1 Å². The second-order valence-corrected chi connectivity index (χ2v) is 4.15. The van der Waals surface area contributed by atoms with Crippen LogP contribution in [0.5, 0.6) is 0 Å². The number of nitrogens with two attached hydrogens (primary N) is 2. The number of anilines is 1. The normalized spacial score (nSPS) is 11.7. The van der Waals surface area contributed by atoms with Gasteiger partial charge in [-0.2, -0.15) is 5.26 Å². The highest BCUT2D eigenvalue weighted by Crippen LogP contribution is 2.27. The molecule has 1 aromatic carbocycles. The number of benzene rings is 1. The molecule has 0 aliphatic carbocycles. The summed E-state index contributed by atoms with van der Waals surface area (Å²) in [4.78, 5) is 12.4. The fourth-order valence-corrected chi connectivity index (χ4v) is 1.67. The minimum Gasteiger partial charge on any atom is -0.377 e. The van der Waals surface area contributed by atoms with Crippen LogP contribution in [-0.4, -0.2) is 20.0 Å². The number of hydrogen-bond donors (Lipinski definition) is 2. The second-order valence-electron chi connectivity index (χ2n) is 4.15. The van der Waals surface area contributed by atoms with Crippen LogP contribution in [-0.2, 0) is 4.79 Å². The van der Waals surface area contributed by atoms with Crippen molar-refractivity contribution in [1.29, 1.82) is 5.26 Å². The first-order chi connectivity index (χ1) is 8.38. The van der Waals surface area contributed by atoms with Crippen molar-refractivity contribution in [3.63, 3.8) is 0 Å². The van der Waals surface area contributed by atoms with E-state index < -0.39 is 17.8 Å². The van der Waals surface area contributed by atoms with Crippen LogP contribution in [0.15, 0.2) is 12.1 Å². The van der Waals surface area contributed by atoms with Crippen molar-refractivity contribution in [1.82, 2.24) is 0 Å². The lowest BCUT2D eigenvalue weighted by Crippen LogP contribution is -2.22. The van der Waals surface area contributed by atoms with Crippen molar-refractivity contribution < 1.29 is 9.18 Å². The smallest absolute Gasteiger partial charge is 0.219 e. The molecule has 0 bridgehead atoms.